The highest BCUT2D eigenvalue weighted by Gasteiger charge is 2.32. The van der Waals surface area contributed by atoms with Gasteiger partial charge in [0, 0.05) is 12.1 Å². The normalized spacial score (nSPS) is 25.4. The Hall–Kier alpha value is -1.56. The highest BCUT2D eigenvalue weighted by molar-refractivity contribution is 5.68. The summed E-state index contributed by atoms with van der Waals surface area (Å²) in [7, 11) is 0. The topological polar surface area (TPSA) is 21.3 Å². The van der Waals surface area contributed by atoms with Crippen LogP contribution >= 0.6 is 0 Å². The first-order valence-corrected chi connectivity index (χ1v) is 6.93. The molecule has 2 bridgehead atoms. The van der Waals surface area contributed by atoms with Crippen molar-refractivity contribution in [3.63, 3.8) is 0 Å². The second kappa shape index (κ2) is 5.33. The first-order chi connectivity index (χ1) is 9.90. The molecular formula is C15H15F4NO. The van der Waals surface area contributed by atoms with E-state index in [1.807, 2.05) is 0 Å². The summed E-state index contributed by atoms with van der Waals surface area (Å²) in [5.74, 6) is -1.78. The predicted molar refractivity (Wildman–Crippen MR) is 70.2 cm³/mol. The largest absolute Gasteiger partial charge is 0.573 e. The molecule has 0 aliphatic carbocycles. The molecule has 0 amide bonds. The summed E-state index contributed by atoms with van der Waals surface area (Å²) in [4.78, 5) is 0. The van der Waals surface area contributed by atoms with Crippen LogP contribution in [0.1, 0.15) is 31.2 Å². The van der Waals surface area contributed by atoms with Gasteiger partial charge in [-0.05, 0) is 42.5 Å². The van der Waals surface area contributed by atoms with Crippen molar-refractivity contribution in [1.29, 1.82) is 0 Å². The van der Waals surface area contributed by atoms with E-state index < -0.39 is 17.9 Å². The zero-order valence-corrected chi connectivity index (χ0v) is 11.2. The van der Waals surface area contributed by atoms with Crippen molar-refractivity contribution in [2.45, 2.75) is 44.1 Å². The van der Waals surface area contributed by atoms with Crippen molar-refractivity contribution in [3.05, 3.63) is 35.7 Å². The first kappa shape index (κ1) is 14.4. The van der Waals surface area contributed by atoms with Gasteiger partial charge in [-0.1, -0.05) is 18.6 Å². The Balaban J connectivity index is 1.83. The van der Waals surface area contributed by atoms with Gasteiger partial charge in [0.1, 0.15) is 0 Å². The number of alkyl halides is 3. The molecule has 0 spiro atoms. The molecule has 1 fully saturated rings. The maximum Gasteiger partial charge on any atom is 0.573 e. The smallest absolute Gasteiger partial charge is 0.403 e. The number of nitrogens with one attached hydrogen (secondary N) is 1. The number of hydrogen-bond acceptors (Lipinski definition) is 2. The van der Waals surface area contributed by atoms with Crippen LogP contribution in [0.3, 0.4) is 0 Å². The molecule has 2 aliphatic heterocycles. The van der Waals surface area contributed by atoms with E-state index in [2.05, 4.69) is 16.1 Å². The molecular weight excluding hydrogens is 286 g/mol. The van der Waals surface area contributed by atoms with Gasteiger partial charge >= 0.3 is 6.36 Å². The minimum atomic E-state index is -4.88. The van der Waals surface area contributed by atoms with Crippen LogP contribution < -0.4 is 10.1 Å². The summed E-state index contributed by atoms with van der Waals surface area (Å²) >= 11 is 0. The van der Waals surface area contributed by atoms with Crippen molar-refractivity contribution < 1.29 is 22.3 Å². The molecule has 3 rings (SSSR count). The van der Waals surface area contributed by atoms with Gasteiger partial charge in [0.05, 0.1) is 0 Å². The monoisotopic (exact) mass is 301 g/mol. The Morgan fingerprint density at radius 1 is 1.19 bits per heavy atom. The molecule has 1 aromatic rings. The van der Waals surface area contributed by atoms with Gasteiger partial charge < -0.3 is 10.1 Å². The van der Waals surface area contributed by atoms with Gasteiger partial charge in [-0.3, -0.25) is 0 Å². The summed E-state index contributed by atoms with van der Waals surface area (Å²) in [5, 5.41) is 3.47. The molecule has 0 saturated carbocycles. The lowest BCUT2D eigenvalue weighted by molar-refractivity contribution is -0.275. The lowest BCUT2D eigenvalue weighted by Crippen LogP contribution is -2.44. The Morgan fingerprint density at radius 3 is 2.67 bits per heavy atom. The van der Waals surface area contributed by atoms with Gasteiger partial charge in [-0.2, -0.15) is 0 Å². The van der Waals surface area contributed by atoms with Gasteiger partial charge in [0.25, 0.3) is 0 Å². The molecule has 2 unspecified atom stereocenters. The third-order valence-electron chi connectivity index (χ3n) is 3.91. The standard InChI is InChI=1S/C15H15F4NO/c16-13-8-9(4-5-14(13)21-15(17,18)19)10-6-11-2-1-3-12(7-10)20-11/h4-6,8,11-12,20H,1-3,7H2. The first-order valence-electron chi connectivity index (χ1n) is 6.93. The van der Waals surface area contributed by atoms with Gasteiger partial charge in [0.2, 0.25) is 0 Å². The fraction of sp³-hybridized carbons (Fsp3) is 0.467. The van der Waals surface area contributed by atoms with Crippen LogP contribution in [0, 0.1) is 5.82 Å². The van der Waals surface area contributed by atoms with Gasteiger partial charge in [-0.25, -0.2) is 4.39 Å². The number of piperidine rings is 1. The molecule has 2 heterocycles. The second-order valence-electron chi connectivity index (χ2n) is 5.49. The van der Waals surface area contributed by atoms with E-state index in [9.17, 15) is 17.6 Å². The van der Waals surface area contributed by atoms with E-state index >= 15 is 0 Å². The number of rotatable bonds is 2. The fourth-order valence-corrected chi connectivity index (χ4v) is 3.04. The zero-order valence-electron chi connectivity index (χ0n) is 11.2. The minimum Gasteiger partial charge on any atom is -0.403 e. The maximum atomic E-state index is 13.8. The van der Waals surface area contributed by atoms with E-state index in [1.165, 1.54) is 12.5 Å². The summed E-state index contributed by atoms with van der Waals surface area (Å²) in [5.41, 5.74) is 1.61. The van der Waals surface area contributed by atoms with Crippen molar-refractivity contribution in [3.8, 4) is 5.75 Å². The average molecular weight is 301 g/mol. The lowest BCUT2D eigenvalue weighted by Gasteiger charge is -2.35. The summed E-state index contributed by atoms with van der Waals surface area (Å²) < 4.78 is 53.8. The Bertz CT molecular complexity index is 567. The number of benzene rings is 1. The third-order valence-corrected chi connectivity index (χ3v) is 3.91. The van der Waals surface area contributed by atoms with Crippen molar-refractivity contribution in [2.24, 2.45) is 0 Å². The number of fused-ring (bicyclic) bond motifs is 2. The van der Waals surface area contributed by atoms with E-state index in [1.54, 1.807) is 0 Å². The second-order valence-corrected chi connectivity index (χ2v) is 5.49. The molecule has 21 heavy (non-hydrogen) atoms. The van der Waals surface area contributed by atoms with Crippen LogP contribution in [0.5, 0.6) is 5.75 Å². The van der Waals surface area contributed by atoms with Crippen LogP contribution in [0.2, 0.25) is 0 Å². The molecule has 0 radical (unpaired) electrons. The number of hydrogen-bond donors (Lipinski definition) is 1. The van der Waals surface area contributed by atoms with E-state index in [4.69, 9.17) is 0 Å². The molecule has 0 aromatic heterocycles. The van der Waals surface area contributed by atoms with Crippen LogP contribution in [-0.2, 0) is 0 Å². The average Bonchev–Trinajstić information content (AvgIpc) is 2.39. The predicted octanol–water partition coefficient (Wildman–Crippen LogP) is 4.02. The Labute approximate surface area is 119 Å². The van der Waals surface area contributed by atoms with Crippen molar-refractivity contribution in [1.82, 2.24) is 5.32 Å². The molecule has 1 saturated heterocycles. The molecule has 1 N–H and O–H groups in total. The van der Waals surface area contributed by atoms with E-state index in [0.717, 1.165) is 37.0 Å². The third kappa shape index (κ3) is 3.37. The van der Waals surface area contributed by atoms with Crippen LogP contribution in [0.25, 0.3) is 5.57 Å². The van der Waals surface area contributed by atoms with Gasteiger partial charge in [-0.15, -0.1) is 13.2 Å². The van der Waals surface area contributed by atoms with E-state index in [-0.39, 0.29) is 6.04 Å². The molecule has 6 heteroatoms. The highest BCUT2D eigenvalue weighted by Crippen LogP contribution is 2.33. The zero-order chi connectivity index (χ0) is 15.0. The lowest BCUT2D eigenvalue weighted by atomic mass is 9.85. The maximum absolute atomic E-state index is 13.8. The molecule has 2 aliphatic rings. The highest BCUT2D eigenvalue weighted by atomic mass is 19.4. The quantitative estimate of drug-likeness (QED) is 0.833. The van der Waals surface area contributed by atoms with E-state index in [0.29, 0.717) is 11.6 Å². The number of halogens is 4. The SMILES string of the molecule is Fc1cc(C2=CC3CCCC(C2)N3)ccc1OC(F)(F)F. The molecule has 2 nitrogen and oxygen atoms in total. The summed E-state index contributed by atoms with van der Waals surface area (Å²) in [6.07, 6.45) is 1.22. The number of ether oxygens (including phenoxy) is 1. The molecule has 1 aromatic carbocycles. The van der Waals surface area contributed by atoms with Crippen LogP contribution in [-0.4, -0.2) is 18.4 Å². The van der Waals surface area contributed by atoms with Crippen molar-refractivity contribution >= 4 is 5.57 Å². The molecule has 2 atom stereocenters. The van der Waals surface area contributed by atoms with Crippen LogP contribution in [0.15, 0.2) is 24.3 Å². The van der Waals surface area contributed by atoms with Crippen molar-refractivity contribution in [2.75, 3.05) is 0 Å². The minimum absolute atomic E-state index is 0.279. The Morgan fingerprint density at radius 2 is 2.00 bits per heavy atom. The van der Waals surface area contributed by atoms with Gasteiger partial charge in [0.15, 0.2) is 11.6 Å². The van der Waals surface area contributed by atoms with Crippen LogP contribution in [0.4, 0.5) is 17.6 Å². The fourth-order valence-electron chi connectivity index (χ4n) is 3.04. The summed E-state index contributed by atoms with van der Waals surface area (Å²) in [6, 6.07) is 4.29. The summed E-state index contributed by atoms with van der Waals surface area (Å²) in [6.45, 7) is 0. The molecule has 114 valence electrons. The Kier molecular flexibility index (Phi) is 3.65.